The van der Waals surface area contributed by atoms with Crippen molar-refractivity contribution in [2.24, 2.45) is 5.73 Å². The lowest BCUT2D eigenvalue weighted by molar-refractivity contribution is -0.274. The van der Waals surface area contributed by atoms with Crippen LogP contribution in [0.5, 0.6) is 11.5 Å². The molecule has 0 aliphatic carbocycles. The Labute approximate surface area is 194 Å². The fourth-order valence-corrected chi connectivity index (χ4v) is 3.51. The van der Waals surface area contributed by atoms with Crippen molar-refractivity contribution in [2.75, 3.05) is 11.9 Å². The third-order valence-corrected chi connectivity index (χ3v) is 5.32. The van der Waals surface area contributed by atoms with E-state index in [0.717, 1.165) is 11.8 Å². The van der Waals surface area contributed by atoms with Gasteiger partial charge < -0.3 is 20.9 Å². The minimum absolute atomic E-state index is 0.0703. The van der Waals surface area contributed by atoms with Crippen LogP contribution in [-0.2, 0) is 0 Å². The lowest BCUT2D eigenvalue weighted by Gasteiger charge is -2.16. The summed E-state index contributed by atoms with van der Waals surface area (Å²) in [5.41, 5.74) is 7.58. The molecule has 9 heteroatoms. The van der Waals surface area contributed by atoms with Crippen LogP contribution >= 0.6 is 0 Å². The summed E-state index contributed by atoms with van der Waals surface area (Å²) in [6, 6.07) is 17.6. The minimum atomic E-state index is -4.84. The maximum Gasteiger partial charge on any atom is 0.573 e. The van der Waals surface area contributed by atoms with Crippen molar-refractivity contribution in [2.45, 2.75) is 25.7 Å². The highest BCUT2D eigenvalue weighted by Gasteiger charge is 2.32. The van der Waals surface area contributed by atoms with Gasteiger partial charge in [-0.1, -0.05) is 43.3 Å². The number of phenolic OH excluding ortho intramolecular Hbond substituents is 1. The van der Waals surface area contributed by atoms with E-state index in [1.165, 1.54) is 30.3 Å². The van der Waals surface area contributed by atoms with E-state index in [9.17, 15) is 18.3 Å². The standard InChI is InChI=1S/C25H23F3N4O2/c1-2-16(29)14-30-23-18-8-3-5-9-20(18)31-24(32-23)19-13-15(11-12-21(19)33)17-7-4-6-10-22(17)34-25(26,27)28/h3-13,16,33H,2,14,29H2,1H3,(H,30,31,32). The van der Waals surface area contributed by atoms with E-state index in [-0.39, 0.29) is 34.5 Å². The van der Waals surface area contributed by atoms with Crippen LogP contribution in [0.25, 0.3) is 33.4 Å². The molecular formula is C25H23F3N4O2. The number of rotatable bonds is 7. The Morgan fingerprint density at radius 1 is 1.00 bits per heavy atom. The van der Waals surface area contributed by atoms with Gasteiger partial charge in [0.2, 0.25) is 0 Å². The Hall–Kier alpha value is -3.85. The van der Waals surface area contributed by atoms with Gasteiger partial charge in [0.05, 0.1) is 11.1 Å². The molecule has 0 saturated carbocycles. The lowest BCUT2D eigenvalue weighted by Crippen LogP contribution is -2.28. The molecule has 0 aliphatic rings. The quantitative estimate of drug-likeness (QED) is 0.321. The van der Waals surface area contributed by atoms with Gasteiger partial charge in [-0.2, -0.15) is 0 Å². The predicted octanol–water partition coefficient (Wildman–Crippen LogP) is 5.72. The van der Waals surface area contributed by atoms with Crippen molar-refractivity contribution >= 4 is 16.7 Å². The minimum Gasteiger partial charge on any atom is -0.507 e. The van der Waals surface area contributed by atoms with Crippen molar-refractivity contribution in [3.05, 3.63) is 66.7 Å². The number of hydrogen-bond donors (Lipinski definition) is 3. The van der Waals surface area contributed by atoms with Crippen LogP contribution in [0.3, 0.4) is 0 Å². The van der Waals surface area contributed by atoms with Gasteiger partial charge in [0.15, 0.2) is 5.82 Å². The van der Waals surface area contributed by atoms with E-state index in [2.05, 4.69) is 20.0 Å². The van der Waals surface area contributed by atoms with Crippen LogP contribution in [0.4, 0.5) is 19.0 Å². The van der Waals surface area contributed by atoms with Gasteiger partial charge in [-0.05, 0) is 42.3 Å². The number of nitrogens with two attached hydrogens (primary N) is 1. The molecule has 4 aromatic rings. The number of aromatic hydroxyl groups is 1. The number of halogens is 3. The Morgan fingerprint density at radius 3 is 2.50 bits per heavy atom. The molecule has 0 bridgehead atoms. The fourth-order valence-electron chi connectivity index (χ4n) is 3.51. The van der Waals surface area contributed by atoms with Gasteiger partial charge >= 0.3 is 6.36 Å². The van der Waals surface area contributed by atoms with Gasteiger partial charge in [0.25, 0.3) is 0 Å². The second-order valence-electron chi connectivity index (χ2n) is 7.74. The van der Waals surface area contributed by atoms with Crippen LogP contribution in [0.2, 0.25) is 0 Å². The smallest absolute Gasteiger partial charge is 0.507 e. The molecule has 4 rings (SSSR count). The molecule has 0 spiro atoms. The fraction of sp³-hybridized carbons (Fsp3) is 0.200. The molecule has 0 fully saturated rings. The Balaban J connectivity index is 1.81. The molecule has 0 radical (unpaired) electrons. The molecule has 34 heavy (non-hydrogen) atoms. The summed E-state index contributed by atoms with van der Waals surface area (Å²) in [4.78, 5) is 9.18. The lowest BCUT2D eigenvalue weighted by atomic mass is 10.0. The number of anilines is 1. The third kappa shape index (κ3) is 5.20. The van der Waals surface area contributed by atoms with E-state index < -0.39 is 6.36 Å². The molecule has 0 amide bonds. The van der Waals surface area contributed by atoms with Gasteiger partial charge in [-0.25, -0.2) is 9.97 Å². The maximum absolute atomic E-state index is 12.9. The Kier molecular flexibility index (Phi) is 6.56. The molecule has 1 unspecified atom stereocenters. The van der Waals surface area contributed by atoms with E-state index in [0.29, 0.717) is 23.4 Å². The van der Waals surface area contributed by atoms with E-state index in [4.69, 9.17) is 5.73 Å². The van der Waals surface area contributed by atoms with Gasteiger partial charge in [-0.15, -0.1) is 13.2 Å². The van der Waals surface area contributed by atoms with Crippen molar-refractivity contribution in [1.29, 1.82) is 0 Å². The first-order valence-electron chi connectivity index (χ1n) is 10.7. The highest BCUT2D eigenvalue weighted by molar-refractivity contribution is 5.91. The molecule has 1 atom stereocenters. The largest absolute Gasteiger partial charge is 0.573 e. The normalized spacial score (nSPS) is 12.5. The van der Waals surface area contributed by atoms with Crippen molar-refractivity contribution in [1.82, 2.24) is 9.97 Å². The van der Waals surface area contributed by atoms with Gasteiger partial charge in [-0.3, -0.25) is 0 Å². The zero-order chi connectivity index (χ0) is 24.3. The number of benzene rings is 3. The first-order valence-corrected chi connectivity index (χ1v) is 10.7. The van der Waals surface area contributed by atoms with Crippen molar-refractivity contribution in [3.63, 3.8) is 0 Å². The molecule has 3 aromatic carbocycles. The molecule has 6 nitrogen and oxygen atoms in total. The Bertz CT molecular complexity index is 1310. The number of aromatic nitrogens is 2. The number of alkyl halides is 3. The molecular weight excluding hydrogens is 445 g/mol. The number of hydrogen-bond acceptors (Lipinski definition) is 6. The van der Waals surface area contributed by atoms with Gasteiger partial charge in [0, 0.05) is 23.5 Å². The summed E-state index contributed by atoms with van der Waals surface area (Å²) < 4.78 is 42.9. The molecule has 1 aromatic heterocycles. The summed E-state index contributed by atoms with van der Waals surface area (Å²) >= 11 is 0. The predicted molar refractivity (Wildman–Crippen MR) is 126 cm³/mol. The van der Waals surface area contributed by atoms with E-state index >= 15 is 0 Å². The SMILES string of the molecule is CCC(N)CNc1nc(-c2cc(-c3ccccc3OC(F)(F)F)ccc2O)nc2ccccc12. The first-order chi connectivity index (χ1) is 16.2. The van der Waals surface area contributed by atoms with E-state index in [1.54, 1.807) is 12.1 Å². The monoisotopic (exact) mass is 468 g/mol. The maximum atomic E-state index is 12.9. The summed E-state index contributed by atoms with van der Waals surface area (Å²) in [5.74, 6) is 0.321. The van der Waals surface area contributed by atoms with Crippen LogP contribution < -0.4 is 15.8 Å². The van der Waals surface area contributed by atoms with E-state index in [1.807, 2.05) is 31.2 Å². The second-order valence-corrected chi connectivity index (χ2v) is 7.74. The first kappa shape index (κ1) is 23.3. The average molecular weight is 468 g/mol. The number of nitrogens with zero attached hydrogens (tertiary/aromatic N) is 2. The molecule has 1 heterocycles. The topological polar surface area (TPSA) is 93.3 Å². The zero-order valence-corrected chi connectivity index (χ0v) is 18.3. The molecule has 4 N–H and O–H groups in total. The summed E-state index contributed by atoms with van der Waals surface area (Å²) in [6.07, 6.45) is -4.05. The third-order valence-electron chi connectivity index (χ3n) is 5.32. The average Bonchev–Trinajstić information content (AvgIpc) is 2.82. The van der Waals surface area contributed by atoms with Crippen LogP contribution in [0.15, 0.2) is 66.7 Å². The van der Waals surface area contributed by atoms with Crippen LogP contribution in [0.1, 0.15) is 13.3 Å². The summed E-state index contributed by atoms with van der Waals surface area (Å²) in [7, 11) is 0. The second kappa shape index (κ2) is 9.56. The number of phenols is 1. The van der Waals surface area contributed by atoms with Crippen LogP contribution in [0, 0.1) is 0 Å². The van der Waals surface area contributed by atoms with Gasteiger partial charge in [0.1, 0.15) is 17.3 Å². The highest BCUT2D eigenvalue weighted by atomic mass is 19.4. The summed E-state index contributed by atoms with van der Waals surface area (Å²) in [6.45, 7) is 2.48. The van der Waals surface area contributed by atoms with Crippen molar-refractivity contribution < 1.29 is 23.0 Å². The molecule has 0 aliphatic heterocycles. The van der Waals surface area contributed by atoms with Crippen molar-refractivity contribution in [3.8, 4) is 34.0 Å². The number of fused-ring (bicyclic) bond motifs is 1. The number of ether oxygens (including phenoxy) is 1. The number of para-hydroxylation sites is 2. The summed E-state index contributed by atoms with van der Waals surface area (Å²) in [5, 5.41) is 14.6. The molecule has 0 saturated heterocycles. The zero-order valence-electron chi connectivity index (χ0n) is 18.3. The number of nitrogens with one attached hydrogen (secondary N) is 1. The Morgan fingerprint density at radius 2 is 1.74 bits per heavy atom. The van der Waals surface area contributed by atoms with Crippen LogP contribution in [-0.4, -0.2) is 34.0 Å². The highest BCUT2D eigenvalue weighted by Crippen LogP contribution is 2.38. The molecule has 176 valence electrons.